The van der Waals surface area contributed by atoms with Crippen LogP contribution in [-0.2, 0) is 4.74 Å². The largest absolute Gasteiger partial charge is 0.367 e. The van der Waals surface area contributed by atoms with Crippen molar-refractivity contribution in [2.75, 3.05) is 0 Å². The lowest BCUT2D eigenvalue weighted by Crippen LogP contribution is -2.02. The zero-order valence-electron chi connectivity index (χ0n) is 21.9. The molecule has 0 aromatic heterocycles. The van der Waals surface area contributed by atoms with Crippen LogP contribution in [0.3, 0.4) is 0 Å². The lowest BCUT2D eigenvalue weighted by molar-refractivity contribution is 0.320. The van der Waals surface area contributed by atoms with Gasteiger partial charge in [0.1, 0.15) is 0 Å². The molecule has 1 fully saturated rings. The SMILES string of the molecule is CC(C)=CCC/C(C)=C/CC/C(C)=C/CCC=C(C)CCC=C(C)CC[C@H]1OC1(C)C. The molecule has 0 N–H and O–H groups in total. The summed E-state index contributed by atoms with van der Waals surface area (Å²) in [6.45, 7) is 17.8. The summed E-state index contributed by atoms with van der Waals surface area (Å²) in [5, 5.41) is 0. The summed E-state index contributed by atoms with van der Waals surface area (Å²) in [4.78, 5) is 0. The van der Waals surface area contributed by atoms with E-state index in [4.69, 9.17) is 4.74 Å². The fraction of sp³-hybridized carbons (Fsp3) is 0.667. The van der Waals surface area contributed by atoms with Crippen molar-refractivity contribution >= 4 is 0 Å². The number of ether oxygens (including phenoxy) is 1. The van der Waals surface area contributed by atoms with Gasteiger partial charge in [0.25, 0.3) is 0 Å². The van der Waals surface area contributed by atoms with Gasteiger partial charge in [0, 0.05) is 0 Å². The van der Waals surface area contributed by atoms with E-state index >= 15 is 0 Å². The second kappa shape index (κ2) is 14.7. The molecule has 0 aliphatic carbocycles. The molecule has 1 atom stereocenters. The van der Waals surface area contributed by atoms with E-state index in [1.165, 1.54) is 79.2 Å². The third kappa shape index (κ3) is 14.4. The number of hydrogen-bond donors (Lipinski definition) is 0. The Morgan fingerprint density at radius 1 is 0.581 bits per heavy atom. The van der Waals surface area contributed by atoms with E-state index in [2.05, 4.69) is 85.8 Å². The topological polar surface area (TPSA) is 12.5 Å². The highest BCUT2D eigenvalue weighted by atomic mass is 16.6. The van der Waals surface area contributed by atoms with Crippen LogP contribution < -0.4 is 0 Å². The predicted octanol–water partition coefficient (Wildman–Crippen LogP) is 9.82. The highest BCUT2D eigenvalue weighted by Gasteiger charge is 2.46. The third-order valence-electron chi connectivity index (χ3n) is 6.27. The Morgan fingerprint density at radius 2 is 0.935 bits per heavy atom. The van der Waals surface area contributed by atoms with Crippen molar-refractivity contribution in [3.8, 4) is 0 Å². The summed E-state index contributed by atoms with van der Waals surface area (Å²) in [6, 6.07) is 0. The van der Waals surface area contributed by atoms with E-state index < -0.39 is 0 Å². The van der Waals surface area contributed by atoms with Gasteiger partial charge in [-0.2, -0.15) is 0 Å². The number of allylic oxidation sites excluding steroid dienone is 10. The molecule has 1 heterocycles. The van der Waals surface area contributed by atoms with Gasteiger partial charge in [-0.3, -0.25) is 0 Å². The highest BCUT2D eigenvalue weighted by molar-refractivity contribution is 5.08. The van der Waals surface area contributed by atoms with Crippen LogP contribution in [0, 0.1) is 0 Å². The van der Waals surface area contributed by atoms with Gasteiger partial charge in [0.05, 0.1) is 11.7 Å². The van der Waals surface area contributed by atoms with Crippen LogP contribution in [0.1, 0.15) is 120 Å². The van der Waals surface area contributed by atoms with Crippen LogP contribution in [0.2, 0.25) is 0 Å². The van der Waals surface area contributed by atoms with Gasteiger partial charge in [-0.1, -0.05) is 58.2 Å². The average molecular weight is 427 g/mol. The molecule has 0 aromatic carbocycles. The van der Waals surface area contributed by atoms with E-state index in [9.17, 15) is 0 Å². The van der Waals surface area contributed by atoms with Gasteiger partial charge < -0.3 is 4.74 Å². The van der Waals surface area contributed by atoms with Gasteiger partial charge in [0.15, 0.2) is 0 Å². The van der Waals surface area contributed by atoms with Crippen molar-refractivity contribution < 1.29 is 4.74 Å². The van der Waals surface area contributed by atoms with Crippen LogP contribution in [0.4, 0.5) is 0 Å². The molecule has 0 unspecified atom stereocenters. The number of hydrogen-bond acceptors (Lipinski definition) is 1. The molecule has 1 nitrogen and oxygen atoms in total. The minimum Gasteiger partial charge on any atom is -0.367 e. The molecule has 0 radical (unpaired) electrons. The van der Waals surface area contributed by atoms with Crippen molar-refractivity contribution in [1.29, 1.82) is 0 Å². The molecule has 0 amide bonds. The lowest BCUT2D eigenvalue weighted by atomic mass is 10.0. The van der Waals surface area contributed by atoms with E-state index in [1.54, 1.807) is 0 Å². The molecular weight excluding hydrogens is 376 g/mol. The van der Waals surface area contributed by atoms with Crippen molar-refractivity contribution in [2.24, 2.45) is 0 Å². The fourth-order valence-corrected chi connectivity index (χ4v) is 3.85. The number of rotatable bonds is 15. The lowest BCUT2D eigenvalue weighted by Gasteiger charge is -2.03. The minimum absolute atomic E-state index is 0.132. The zero-order valence-corrected chi connectivity index (χ0v) is 21.9. The van der Waals surface area contributed by atoms with Crippen LogP contribution in [0.5, 0.6) is 0 Å². The van der Waals surface area contributed by atoms with Crippen molar-refractivity contribution in [3.05, 3.63) is 58.2 Å². The molecule has 1 aliphatic rings. The summed E-state index contributed by atoms with van der Waals surface area (Å²) >= 11 is 0. The summed E-state index contributed by atoms with van der Waals surface area (Å²) in [7, 11) is 0. The zero-order chi connectivity index (χ0) is 23.3. The second-order valence-electron chi connectivity index (χ2n) is 10.4. The van der Waals surface area contributed by atoms with Gasteiger partial charge in [-0.05, 0) is 120 Å². The monoisotopic (exact) mass is 426 g/mol. The Morgan fingerprint density at radius 3 is 1.32 bits per heavy atom. The van der Waals surface area contributed by atoms with E-state index in [1.807, 2.05) is 0 Å². The molecule has 1 aliphatic heterocycles. The number of epoxide rings is 1. The van der Waals surface area contributed by atoms with Gasteiger partial charge in [-0.25, -0.2) is 0 Å². The maximum absolute atomic E-state index is 5.68. The first-order valence-electron chi connectivity index (χ1n) is 12.5. The maximum atomic E-state index is 5.68. The van der Waals surface area contributed by atoms with Crippen LogP contribution in [-0.4, -0.2) is 11.7 Å². The normalized spacial score (nSPS) is 19.5. The molecule has 1 heteroatoms. The highest BCUT2D eigenvalue weighted by Crippen LogP contribution is 2.38. The predicted molar refractivity (Wildman–Crippen MR) is 140 cm³/mol. The molecule has 176 valence electrons. The van der Waals surface area contributed by atoms with E-state index in [0.29, 0.717) is 6.10 Å². The van der Waals surface area contributed by atoms with Crippen LogP contribution in [0.15, 0.2) is 58.2 Å². The molecule has 0 spiro atoms. The average Bonchev–Trinajstić information content (AvgIpc) is 3.30. The number of unbranched alkanes of at least 4 members (excludes halogenated alkanes) is 1. The van der Waals surface area contributed by atoms with E-state index in [0.717, 1.165) is 12.8 Å². The minimum atomic E-state index is 0.132. The van der Waals surface area contributed by atoms with Gasteiger partial charge in [0.2, 0.25) is 0 Å². The first-order valence-corrected chi connectivity index (χ1v) is 12.5. The maximum Gasteiger partial charge on any atom is 0.0892 e. The Kier molecular flexibility index (Phi) is 13.1. The quantitative estimate of drug-likeness (QED) is 0.144. The summed E-state index contributed by atoms with van der Waals surface area (Å²) in [5.41, 5.74) is 7.65. The molecule has 0 aromatic rings. The summed E-state index contributed by atoms with van der Waals surface area (Å²) in [6.07, 6.45) is 24.3. The van der Waals surface area contributed by atoms with E-state index in [-0.39, 0.29) is 5.60 Å². The third-order valence-corrected chi connectivity index (χ3v) is 6.27. The molecule has 0 bridgehead atoms. The molecule has 31 heavy (non-hydrogen) atoms. The van der Waals surface area contributed by atoms with Crippen LogP contribution >= 0.6 is 0 Å². The molecular formula is C30H50O. The fourth-order valence-electron chi connectivity index (χ4n) is 3.85. The first-order chi connectivity index (χ1) is 14.6. The van der Waals surface area contributed by atoms with Gasteiger partial charge >= 0.3 is 0 Å². The second-order valence-corrected chi connectivity index (χ2v) is 10.4. The summed E-state index contributed by atoms with van der Waals surface area (Å²) in [5.74, 6) is 0. The molecule has 1 saturated heterocycles. The standard InChI is InChI=1S/C30H50O/c1-24(2)14-11-17-27(5)20-12-18-25(3)15-9-10-16-26(4)19-13-21-28(6)22-23-29-30(7,8)31-29/h14-16,20-21,29H,9-13,17-19,22-23H2,1-8H3/b25-15+,26-16?,27-20+,28-21?/t29-/m1/s1. The van der Waals surface area contributed by atoms with Crippen LogP contribution in [0.25, 0.3) is 0 Å². The smallest absolute Gasteiger partial charge is 0.0892 e. The van der Waals surface area contributed by atoms with Crippen molar-refractivity contribution in [1.82, 2.24) is 0 Å². The summed E-state index contributed by atoms with van der Waals surface area (Å²) < 4.78 is 5.68. The van der Waals surface area contributed by atoms with Crippen molar-refractivity contribution in [2.45, 2.75) is 131 Å². The Bertz CT molecular complexity index is 677. The first kappa shape index (κ1) is 27.7. The van der Waals surface area contributed by atoms with Crippen molar-refractivity contribution in [3.63, 3.8) is 0 Å². The van der Waals surface area contributed by atoms with Gasteiger partial charge in [-0.15, -0.1) is 0 Å². The molecule has 0 saturated carbocycles. The Balaban J connectivity index is 2.15. The Labute approximate surface area is 194 Å². The molecule has 1 rings (SSSR count). The Hall–Kier alpha value is -1.34.